The van der Waals surface area contributed by atoms with Crippen LogP contribution in [0.4, 0.5) is 5.82 Å². The maximum atomic E-state index is 5.44. The average Bonchev–Trinajstić information content (AvgIpc) is 3.16. The summed E-state index contributed by atoms with van der Waals surface area (Å²) in [5.74, 6) is 1.38. The van der Waals surface area contributed by atoms with E-state index in [4.69, 9.17) is 4.74 Å². The number of aryl methyl sites for hydroxylation is 1. The standard InChI is InChI=1S/C15H21N5O/c1-19(5-3-12-8-18-20(2)9-12)15-7-14(16-11-17-15)13-4-6-21-10-13/h7-9,11,13H,3-6,10H2,1-2H3/t13-/m1/s1. The summed E-state index contributed by atoms with van der Waals surface area (Å²) in [5, 5.41) is 4.19. The molecule has 1 atom stereocenters. The molecule has 0 aliphatic carbocycles. The third kappa shape index (κ3) is 3.39. The Bertz CT molecular complexity index is 591. The van der Waals surface area contributed by atoms with Crippen LogP contribution in [0.1, 0.15) is 23.6 Å². The predicted octanol–water partition coefficient (Wildman–Crippen LogP) is 1.39. The van der Waals surface area contributed by atoms with Gasteiger partial charge in [0.05, 0.1) is 18.5 Å². The third-order valence-corrected chi connectivity index (χ3v) is 3.91. The molecule has 112 valence electrons. The van der Waals surface area contributed by atoms with E-state index in [-0.39, 0.29) is 0 Å². The van der Waals surface area contributed by atoms with Gasteiger partial charge in [-0.1, -0.05) is 0 Å². The number of ether oxygens (including phenoxy) is 1. The molecule has 1 fully saturated rings. The molecule has 0 N–H and O–H groups in total. The smallest absolute Gasteiger partial charge is 0.131 e. The summed E-state index contributed by atoms with van der Waals surface area (Å²) in [6.07, 6.45) is 7.62. The van der Waals surface area contributed by atoms with Gasteiger partial charge in [0.25, 0.3) is 0 Å². The van der Waals surface area contributed by atoms with E-state index in [1.165, 1.54) is 5.56 Å². The van der Waals surface area contributed by atoms with Gasteiger partial charge >= 0.3 is 0 Å². The van der Waals surface area contributed by atoms with Gasteiger partial charge in [-0.3, -0.25) is 4.68 Å². The van der Waals surface area contributed by atoms with Gasteiger partial charge < -0.3 is 9.64 Å². The van der Waals surface area contributed by atoms with Crippen molar-refractivity contribution >= 4 is 5.82 Å². The molecular weight excluding hydrogens is 266 g/mol. The highest BCUT2D eigenvalue weighted by molar-refractivity contribution is 5.39. The Hall–Kier alpha value is -1.95. The molecule has 0 aromatic carbocycles. The van der Waals surface area contributed by atoms with E-state index in [9.17, 15) is 0 Å². The van der Waals surface area contributed by atoms with E-state index in [2.05, 4.69) is 39.3 Å². The minimum atomic E-state index is 0.415. The molecule has 1 saturated heterocycles. The van der Waals surface area contributed by atoms with Gasteiger partial charge in [0.2, 0.25) is 0 Å². The zero-order valence-corrected chi connectivity index (χ0v) is 12.6. The van der Waals surface area contributed by atoms with Crippen LogP contribution in [-0.4, -0.2) is 46.6 Å². The molecule has 6 nitrogen and oxygen atoms in total. The van der Waals surface area contributed by atoms with Crippen LogP contribution >= 0.6 is 0 Å². The summed E-state index contributed by atoms with van der Waals surface area (Å²) in [4.78, 5) is 10.9. The molecule has 1 aliphatic heterocycles. The van der Waals surface area contributed by atoms with Crippen molar-refractivity contribution in [3.05, 3.63) is 36.0 Å². The fourth-order valence-corrected chi connectivity index (χ4v) is 2.57. The lowest BCUT2D eigenvalue weighted by Crippen LogP contribution is -2.22. The Labute approximate surface area is 124 Å². The maximum absolute atomic E-state index is 5.44. The lowest BCUT2D eigenvalue weighted by atomic mass is 10.0. The normalized spacial score (nSPS) is 18.1. The van der Waals surface area contributed by atoms with Crippen molar-refractivity contribution in [2.45, 2.75) is 18.8 Å². The Morgan fingerprint density at radius 3 is 3.05 bits per heavy atom. The zero-order valence-electron chi connectivity index (χ0n) is 12.6. The first-order valence-corrected chi connectivity index (χ1v) is 7.31. The number of anilines is 1. The summed E-state index contributed by atoms with van der Waals surface area (Å²) in [5.41, 5.74) is 2.33. The fourth-order valence-electron chi connectivity index (χ4n) is 2.57. The summed E-state index contributed by atoms with van der Waals surface area (Å²) >= 11 is 0. The molecule has 0 amide bonds. The Balaban J connectivity index is 1.63. The number of rotatable bonds is 5. The van der Waals surface area contributed by atoms with Crippen molar-refractivity contribution in [3.8, 4) is 0 Å². The first-order chi connectivity index (χ1) is 10.2. The van der Waals surface area contributed by atoms with Crippen molar-refractivity contribution in [1.29, 1.82) is 0 Å². The molecule has 3 heterocycles. The second-order valence-corrected chi connectivity index (χ2v) is 5.56. The highest BCUT2D eigenvalue weighted by Gasteiger charge is 2.20. The SMILES string of the molecule is CN(CCc1cnn(C)c1)c1cc([C@@H]2CCOC2)ncn1. The Morgan fingerprint density at radius 1 is 1.43 bits per heavy atom. The van der Waals surface area contributed by atoms with Crippen LogP contribution in [0.5, 0.6) is 0 Å². The third-order valence-electron chi connectivity index (χ3n) is 3.91. The number of aromatic nitrogens is 4. The van der Waals surface area contributed by atoms with Crippen molar-refractivity contribution < 1.29 is 4.74 Å². The summed E-state index contributed by atoms with van der Waals surface area (Å²) in [6, 6.07) is 2.09. The van der Waals surface area contributed by atoms with Crippen molar-refractivity contribution in [3.63, 3.8) is 0 Å². The van der Waals surface area contributed by atoms with Gasteiger partial charge in [0, 0.05) is 45.4 Å². The fraction of sp³-hybridized carbons (Fsp3) is 0.533. The lowest BCUT2D eigenvalue weighted by molar-refractivity contribution is 0.193. The van der Waals surface area contributed by atoms with E-state index in [1.54, 1.807) is 6.33 Å². The molecular formula is C15H21N5O. The van der Waals surface area contributed by atoms with Gasteiger partial charge in [0.15, 0.2) is 0 Å². The Kier molecular flexibility index (Phi) is 4.15. The first-order valence-electron chi connectivity index (χ1n) is 7.31. The Morgan fingerprint density at radius 2 is 2.33 bits per heavy atom. The first kappa shape index (κ1) is 14.0. The molecule has 0 spiro atoms. The van der Waals surface area contributed by atoms with Crippen molar-refractivity contribution in [2.75, 3.05) is 31.7 Å². The van der Waals surface area contributed by atoms with Crippen LogP contribution in [0.3, 0.4) is 0 Å². The monoisotopic (exact) mass is 287 g/mol. The molecule has 0 saturated carbocycles. The van der Waals surface area contributed by atoms with Crippen LogP contribution in [0, 0.1) is 0 Å². The molecule has 0 unspecified atom stereocenters. The van der Waals surface area contributed by atoms with Crippen LogP contribution in [0.15, 0.2) is 24.8 Å². The topological polar surface area (TPSA) is 56.1 Å². The van der Waals surface area contributed by atoms with Crippen LogP contribution in [0.2, 0.25) is 0 Å². The van der Waals surface area contributed by atoms with E-state index in [0.717, 1.165) is 44.1 Å². The molecule has 21 heavy (non-hydrogen) atoms. The van der Waals surface area contributed by atoms with E-state index < -0.39 is 0 Å². The summed E-state index contributed by atoms with van der Waals surface area (Å²) in [6.45, 7) is 2.51. The number of nitrogens with zero attached hydrogens (tertiary/aromatic N) is 5. The largest absolute Gasteiger partial charge is 0.381 e. The molecule has 6 heteroatoms. The number of hydrogen-bond donors (Lipinski definition) is 0. The van der Waals surface area contributed by atoms with E-state index >= 15 is 0 Å². The van der Waals surface area contributed by atoms with Gasteiger partial charge in [0.1, 0.15) is 12.1 Å². The van der Waals surface area contributed by atoms with Crippen LogP contribution in [-0.2, 0) is 18.2 Å². The van der Waals surface area contributed by atoms with Crippen LogP contribution in [0.25, 0.3) is 0 Å². The van der Waals surface area contributed by atoms with E-state index in [0.29, 0.717) is 5.92 Å². The second-order valence-electron chi connectivity index (χ2n) is 5.56. The zero-order chi connectivity index (χ0) is 14.7. The van der Waals surface area contributed by atoms with Gasteiger partial charge in [-0.2, -0.15) is 5.10 Å². The highest BCUT2D eigenvalue weighted by atomic mass is 16.5. The maximum Gasteiger partial charge on any atom is 0.131 e. The van der Waals surface area contributed by atoms with Gasteiger partial charge in [-0.15, -0.1) is 0 Å². The molecule has 0 radical (unpaired) electrons. The molecule has 2 aromatic rings. The quantitative estimate of drug-likeness (QED) is 0.832. The van der Waals surface area contributed by atoms with Crippen molar-refractivity contribution in [2.24, 2.45) is 7.05 Å². The average molecular weight is 287 g/mol. The minimum absolute atomic E-state index is 0.415. The van der Waals surface area contributed by atoms with E-state index in [1.807, 2.05) is 17.9 Å². The number of likely N-dealkylation sites (N-methyl/N-ethyl adjacent to an activating group) is 1. The molecule has 0 bridgehead atoms. The summed E-state index contributed by atoms with van der Waals surface area (Å²) in [7, 11) is 4.00. The molecule has 3 rings (SSSR count). The minimum Gasteiger partial charge on any atom is -0.381 e. The second kappa shape index (κ2) is 6.22. The number of hydrogen-bond acceptors (Lipinski definition) is 5. The lowest BCUT2D eigenvalue weighted by Gasteiger charge is -2.18. The van der Waals surface area contributed by atoms with Crippen LogP contribution < -0.4 is 4.90 Å². The highest BCUT2D eigenvalue weighted by Crippen LogP contribution is 2.25. The predicted molar refractivity (Wildman–Crippen MR) is 80.4 cm³/mol. The van der Waals surface area contributed by atoms with Gasteiger partial charge in [-0.25, -0.2) is 9.97 Å². The van der Waals surface area contributed by atoms with Gasteiger partial charge in [-0.05, 0) is 18.4 Å². The molecule has 1 aliphatic rings. The molecule has 2 aromatic heterocycles. The summed E-state index contributed by atoms with van der Waals surface area (Å²) < 4.78 is 7.27. The van der Waals surface area contributed by atoms with Crippen molar-refractivity contribution in [1.82, 2.24) is 19.7 Å².